The van der Waals surface area contributed by atoms with Crippen molar-refractivity contribution in [2.75, 3.05) is 18.0 Å². The molecule has 3 aromatic rings. The van der Waals surface area contributed by atoms with Crippen LogP contribution < -0.4 is 9.04 Å². The SMILES string of the molecule is COc1ccc(-c2cc3c(I)cn(C(=O)OC(C)(C)C)c3nc2C2CC2)cc1N(CC(=O)OC(C)(C)C)S(=O)O. The number of carbonyl (C=O) groups is 2. The van der Waals surface area contributed by atoms with Gasteiger partial charge in [0.05, 0.1) is 18.5 Å². The van der Waals surface area contributed by atoms with Crippen LogP contribution in [0, 0.1) is 3.57 Å². The van der Waals surface area contributed by atoms with E-state index < -0.39 is 41.1 Å². The van der Waals surface area contributed by atoms with E-state index in [0.717, 1.165) is 42.9 Å². The third-order valence-electron chi connectivity index (χ3n) is 5.95. The smallest absolute Gasteiger partial charge is 0.420 e. The van der Waals surface area contributed by atoms with Crippen molar-refractivity contribution in [1.82, 2.24) is 9.55 Å². The highest BCUT2D eigenvalue weighted by Gasteiger charge is 2.31. The zero-order chi connectivity index (χ0) is 29.6. The summed E-state index contributed by atoms with van der Waals surface area (Å²) in [5, 5.41) is 0.777. The maximum absolute atomic E-state index is 13.0. The van der Waals surface area contributed by atoms with Crippen LogP contribution in [0.25, 0.3) is 22.2 Å². The molecule has 1 unspecified atom stereocenters. The lowest BCUT2D eigenvalue weighted by molar-refractivity contribution is -0.152. The normalized spacial score (nSPS) is 14.6. The van der Waals surface area contributed by atoms with Crippen molar-refractivity contribution >= 4 is 62.6 Å². The molecule has 2 aromatic heterocycles. The van der Waals surface area contributed by atoms with Gasteiger partial charge in [-0.15, -0.1) is 0 Å². The van der Waals surface area contributed by atoms with E-state index in [1.807, 2.05) is 32.9 Å². The van der Waals surface area contributed by atoms with Crippen LogP contribution in [-0.4, -0.2) is 55.2 Å². The molecule has 12 heteroatoms. The predicted octanol–water partition coefficient (Wildman–Crippen LogP) is 6.26. The first-order chi connectivity index (χ1) is 18.6. The number of pyridine rings is 1. The maximum atomic E-state index is 13.0. The largest absolute Gasteiger partial charge is 0.495 e. The van der Waals surface area contributed by atoms with Crippen LogP contribution in [0.4, 0.5) is 10.5 Å². The molecule has 1 aliphatic carbocycles. The molecule has 0 radical (unpaired) electrons. The van der Waals surface area contributed by atoms with E-state index in [0.29, 0.717) is 11.4 Å². The highest BCUT2D eigenvalue weighted by atomic mass is 127. The van der Waals surface area contributed by atoms with Crippen molar-refractivity contribution < 1.29 is 32.6 Å². The average Bonchev–Trinajstić information content (AvgIpc) is 3.63. The van der Waals surface area contributed by atoms with Crippen LogP contribution in [0.3, 0.4) is 0 Å². The van der Waals surface area contributed by atoms with Crippen LogP contribution in [0.1, 0.15) is 66.0 Å². The predicted molar refractivity (Wildman–Crippen MR) is 162 cm³/mol. The fraction of sp³-hybridized carbons (Fsp3) is 0.464. The molecule has 0 amide bonds. The molecule has 1 fully saturated rings. The summed E-state index contributed by atoms with van der Waals surface area (Å²) >= 11 is -0.367. The Hall–Kier alpha value is -2.71. The molecular weight excluding hydrogens is 649 g/mol. The number of carbonyl (C=O) groups excluding carboxylic acids is 2. The summed E-state index contributed by atoms with van der Waals surface area (Å²) < 4.78 is 42.3. The first kappa shape index (κ1) is 30.3. The zero-order valence-corrected chi connectivity index (χ0v) is 26.6. The molecule has 40 heavy (non-hydrogen) atoms. The molecule has 0 saturated heterocycles. The number of hydrogen-bond acceptors (Lipinski definition) is 7. The molecule has 1 saturated carbocycles. The number of ether oxygens (including phenoxy) is 3. The molecule has 216 valence electrons. The first-order valence-electron chi connectivity index (χ1n) is 12.8. The number of benzene rings is 1. The van der Waals surface area contributed by atoms with Crippen LogP contribution in [0.2, 0.25) is 0 Å². The van der Waals surface area contributed by atoms with E-state index in [1.165, 1.54) is 11.7 Å². The maximum Gasteiger partial charge on any atom is 0.420 e. The van der Waals surface area contributed by atoms with Crippen molar-refractivity contribution in [1.29, 1.82) is 0 Å². The van der Waals surface area contributed by atoms with Gasteiger partial charge in [-0.3, -0.25) is 13.7 Å². The number of fused-ring (bicyclic) bond motifs is 1. The lowest BCUT2D eigenvalue weighted by atomic mass is 9.99. The number of rotatable bonds is 7. The molecule has 1 N–H and O–H groups in total. The van der Waals surface area contributed by atoms with E-state index in [2.05, 4.69) is 22.6 Å². The molecule has 1 aliphatic rings. The van der Waals surface area contributed by atoms with Crippen LogP contribution >= 0.6 is 22.6 Å². The number of aromatic nitrogens is 2. The quantitative estimate of drug-likeness (QED) is 0.176. The molecule has 0 bridgehead atoms. The second-order valence-electron chi connectivity index (χ2n) is 11.6. The number of halogens is 1. The van der Waals surface area contributed by atoms with E-state index >= 15 is 0 Å². The summed E-state index contributed by atoms with van der Waals surface area (Å²) in [6.07, 6.45) is 3.13. The lowest BCUT2D eigenvalue weighted by Crippen LogP contribution is -2.36. The Morgan fingerprint density at radius 1 is 1.12 bits per heavy atom. The lowest BCUT2D eigenvalue weighted by Gasteiger charge is -2.25. The van der Waals surface area contributed by atoms with Crippen LogP contribution in [0.15, 0.2) is 30.5 Å². The van der Waals surface area contributed by atoms with Gasteiger partial charge in [-0.1, -0.05) is 6.07 Å². The molecule has 0 aliphatic heterocycles. The minimum atomic E-state index is -2.54. The number of esters is 1. The molecular formula is C28H34IN3O7S. The highest BCUT2D eigenvalue weighted by Crippen LogP contribution is 2.46. The minimum absolute atomic E-state index is 0.217. The summed E-state index contributed by atoms with van der Waals surface area (Å²) in [6, 6.07) is 7.24. The van der Waals surface area contributed by atoms with Crippen molar-refractivity contribution in [3.8, 4) is 16.9 Å². The minimum Gasteiger partial charge on any atom is -0.495 e. The van der Waals surface area contributed by atoms with Gasteiger partial charge in [0.2, 0.25) is 0 Å². The third kappa shape index (κ3) is 6.95. The number of hydrogen-bond donors (Lipinski definition) is 1. The number of nitrogens with zero attached hydrogens (tertiary/aromatic N) is 3. The Morgan fingerprint density at radius 2 is 1.77 bits per heavy atom. The standard InChI is InChI=1S/C28H34IN3O7S/c1-27(2,3)38-23(33)15-32(40(35)36)21-12-17(10-11-22(21)37-7)18-13-19-20(29)14-31(26(34)39-28(4,5)6)25(19)30-24(18)16-8-9-16/h10-14,16H,8-9,15H2,1-7H3,(H,35,36). The van der Waals surface area contributed by atoms with E-state index in [-0.39, 0.29) is 11.6 Å². The second-order valence-corrected chi connectivity index (χ2v) is 13.7. The molecule has 1 aromatic carbocycles. The first-order valence-corrected chi connectivity index (χ1v) is 15.0. The molecule has 0 spiro atoms. The number of methoxy groups -OCH3 is 1. The summed E-state index contributed by atoms with van der Waals surface area (Å²) in [7, 11) is 1.45. The Bertz CT molecular complexity index is 1490. The van der Waals surface area contributed by atoms with E-state index in [1.54, 1.807) is 39.1 Å². The summed E-state index contributed by atoms with van der Waals surface area (Å²) in [5.74, 6) is -0.112. The average molecular weight is 684 g/mol. The Labute approximate surface area is 249 Å². The molecule has 10 nitrogen and oxygen atoms in total. The van der Waals surface area contributed by atoms with Gasteiger partial charge in [0, 0.05) is 26.6 Å². The second kappa shape index (κ2) is 11.3. The summed E-state index contributed by atoms with van der Waals surface area (Å²) in [4.78, 5) is 30.5. The van der Waals surface area contributed by atoms with Gasteiger partial charge in [0.25, 0.3) is 11.3 Å². The Balaban J connectivity index is 1.82. The third-order valence-corrected chi connectivity index (χ3v) is 7.52. The van der Waals surface area contributed by atoms with Gasteiger partial charge in [0.15, 0.2) is 5.65 Å². The fourth-order valence-electron chi connectivity index (χ4n) is 4.24. The summed E-state index contributed by atoms with van der Waals surface area (Å²) in [6.45, 7) is 10.2. The Kier molecular flexibility index (Phi) is 8.53. The zero-order valence-electron chi connectivity index (χ0n) is 23.6. The molecule has 2 heterocycles. The molecule has 1 atom stereocenters. The van der Waals surface area contributed by atoms with E-state index in [4.69, 9.17) is 19.2 Å². The van der Waals surface area contributed by atoms with Crippen LogP contribution in [-0.2, 0) is 25.5 Å². The van der Waals surface area contributed by atoms with Crippen molar-refractivity contribution in [3.63, 3.8) is 0 Å². The highest BCUT2D eigenvalue weighted by molar-refractivity contribution is 14.1. The van der Waals surface area contributed by atoms with Gasteiger partial charge in [-0.2, -0.15) is 0 Å². The van der Waals surface area contributed by atoms with Crippen molar-refractivity contribution in [2.24, 2.45) is 0 Å². The topological polar surface area (TPSA) is 120 Å². The van der Waals surface area contributed by atoms with Gasteiger partial charge in [-0.25, -0.2) is 18.6 Å². The number of anilines is 1. The van der Waals surface area contributed by atoms with Crippen LogP contribution in [0.5, 0.6) is 5.75 Å². The van der Waals surface area contributed by atoms with Gasteiger partial charge in [-0.05, 0) is 101 Å². The van der Waals surface area contributed by atoms with Gasteiger partial charge >= 0.3 is 12.1 Å². The monoisotopic (exact) mass is 683 g/mol. The van der Waals surface area contributed by atoms with E-state index in [9.17, 15) is 18.4 Å². The van der Waals surface area contributed by atoms with Crippen molar-refractivity contribution in [3.05, 3.63) is 39.7 Å². The van der Waals surface area contributed by atoms with Gasteiger partial charge < -0.3 is 14.2 Å². The Morgan fingerprint density at radius 3 is 2.33 bits per heavy atom. The summed E-state index contributed by atoms with van der Waals surface area (Å²) in [5.41, 5.74) is 1.75. The fourth-order valence-corrected chi connectivity index (χ4v) is 5.44. The molecule has 4 rings (SSSR count). The van der Waals surface area contributed by atoms with Gasteiger partial charge in [0.1, 0.15) is 23.5 Å². The van der Waals surface area contributed by atoms with Crippen molar-refractivity contribution in [2.45, 2.75) is 71.5 Å².